The van der Waals surface area contributed by atoms with Gasteiger partial charge in [0.1, 0.15) is 19.3 Å². The lowest BCUT2D eigenvalue weighted by Gasteiger charge is -2.21. The minimum absolute atomic E-state index is 0.106. The summed E-state index contributed by atoms with van der Waals surface area (Å²) in [4.78, 5) is 71.9. The molecule has 0 bridgehead atoms. The monoisotopic (exact) mass is 1210 g/mol. The molecule has 0 radical (unpaired) electrons. The van der Waals surface area contributed by atoms with E-state index < -0.39 is 97.5 Å². The third-order valence-corrected chi connectivity index (χ3v) is 16.4. The van der Waals surface area contributed by atoms with Gasteiger partial charge in [-0.25, -0.2) is 9.13 Å². The molecule has 17 nitrogen and oxygen atoms in total. The zero-order valence-electron chi connectivity index (χ0n) is 52.6. The second-order valence-electron chi connectivity index (χ2n) is 23.3. The minimum atomic E-state index is -4.94. The van der Waals surface area contributed by atoms with Crippen LogP contribution in [-0.2, 0) is 65.4 Å². The topological polar surface area (TPSA) is 237 Å². The molecule has 82 heavy (non-hydrogen) atoms. The average Bonchev–Trinajstić information content (AvgIpc) is 3.45. The molecule has 486 valence electrons. The van der Waals surface area contributed by atoms with Crippen LogP contribution in [-0.4, -0.2) is 96.7 Å². The normalized spacial score (nSPS) is 14.3. The van der Waals surface area contributed by atoms with E-state index in [1.807, 2.05) is 0 Å². The third kappa shape index (κ3) is 57.2. The van der Waals surface area contributed by atoms with Crippen LogP contribution in [0.5, 0.6) is 0 Å². The molecule has 0 aliphatic rings. The van der Waals surface area contributed by atoms with Gasteiger partial charge in [0.2, 0.25) is 0 Å². The number of rotatable bonds is 63. The third-order valence-electron chi connectivity index (χ3n) is 14.5. The first-order chi connectivity index (χ1) is 39.5. The van der Waals surface area contributed by atoms with Crippen LogP contribution in [0.1, 0.15) is 317 Å². The predicted octanol–water partition coefficient (Wildman–Crippen LogP) is 17.4. The van der Waals surface area contributed by atoms with Crippen molar-refractivity contribution in [3.63, 3.8) is 0 Å². The van der Waals surface area contributed by atoms with Crippen molar-refractivity contribution in [3.05, 3.63) is 0 Å². The summed E-state index contributed by atoms with van der Waals surface area (Å²) in [5.41, 5.74) is 0. The van der Waals surface area contributed by atoms with Crippen LogP contribution in [0.4, 0.5) is 0 Å². The number of unbranched alkanes of at least 4 members (excludes halogenated alkanes) is 35. The Balaban J connectivity index is 5.14. The van der Waals surface area contributed by atoms with Crippen LogP contribution in [0.15, 0.2) is 0 Å². The predicted molar refractivity (Wildman–Crippen MR) is 326 cm³/mol. The van der Waals surface area contributed by atoms with E-state index in [0.29, 0.717) is 25.7 Å². The zero-order valence-corrected chi connectivity index (χ0v) is 54.4. The van der Waals surface area contributed by atoms with E-state index in [-0.39, 0.29) is 25.7 Å². The molecule has 0 aliphatic heterocycles. The van der Waals surface area contributed by atoms with E-state index in [9.17, 15) is 43.2 Å². The Morgan fingerprint density at radius 1 is 0.329 bits per heavy atom. The number of esters is 4. The fraction of sp³-hybridized carbons (Fsp3) is 0.937. The van der Waals surface area contributed by atoms with E-state index in [1.54, 1.807) is 0 Å². The first-order valence-electron chi connectivity index (χ1n) is 33.1. The van der Waals surface area contributed by atoms with E-state index >= 15 is 0 Å². The lowest BCUT2D eigenvalue weighted by molar-refractivity contribution is -0.161. The van der Waals surface area contributed by atoms with Gasteiger partial charge in [-0.3, -0.25) is 37.3 Å². The SMILES string of the molecule is CCCCCCCCCCCCC(=O)OC[C@H](COP(=O)(O)OC[C@@H](O)COP(=O)(O)OC[C@@H](COC(=O)CCCCCCC)OC(=O)CCCCCCCCCCCC)OC(=O)CCCCCCCCCCCCCCCCC(C)C. The average molecular weight is 1210 g/mol. The largest absolute Gasteiger partial charge is 0.472 e. The van der Waals surface area contributed by atoms with Crippen LogP contribution < -0.4 is 0 Å². The highest BCUT2D eigenvalue weighted by Gasteiger charge is 2.30. The van der Waals surface area contributed by atoms with Gasteiger partial charge in [-0.2, -0.15) is 0 Å². The summed E-state index contributed by atoms with van der Waals surface area (Å²) in [6.07, 6.45) is 40.6. The number of carbonyl (C=O) groups excluding carboxylic acids is 4. The molecule has 19 heteroatoms. The number of phosphoric ester groups is 2. The quantitative estimate of drug-likeness (QED) is 0.0222. The number of hydrogen-bond acceptors (Lipinski definition) is 15. The number of aliphatic hydroxyl groups is 1. The summed E-state index contributed by atoms with van der Waals surface area (Å²) in [6.45, 7) is 7.11. The van der Waals surface area contributed by atoms with Crippen LogP contribution in [0, 0.1) is 5.92 Å². The Labute approximate surface area is 498 Å². The van der Waals surface area contributed by atoms with Gasteiger partial charge in [-0.1, -0.05) is 266 Å². The van der Waals surface area contributed by atoms with Crippen molar-refractivity contribution in [1.29, 1.82) is 0 Å². The Hall–Kier alpha value is -1.94. The maximum Gasteiger partial charge on any atom is 0.472 e. The fourth-order valence-corrected chi connectivity index (χ4v) is 11.0. The number of phosphoric acid groups is 2. The Morgan fingerprint density at radius 2 is 0.561 bits per heavy atom. The molecule has 0 saturated carbocycles. The minimum Gasteiger partial charge on any atom is -0.462 e. The maximum absolute atomic E-state index is 13.0. The molecule has 3 N–H and O–H groups in total. The molecule has 0 heterocycles. The number of hydrogen-bond donors (Lipinski definition) is 3. The lowest BCUT2D eigenvalue weighted by Crippen LogP contribution is -2.30. The number of ether oxygens (including phenoxy) is 4. The van der Waals surface area contributed by atoms with E-state index in [2.05, 4.69) is 34.6 Å². The molecule has 5 atom stereocenters. The summed E-state index contributed by atoms with van der Waals surface area (Å²) in [5.74, 6) is -1.35. The molecule has 2 unspecified atom stereocenters. The molecule has 0 saturated heterocycles. The van der Waals surface area contributed by atoms with Gasteiger partial charge in [0.25, 0.3) is 0 Å². The van der Waals surface area contributed by atoms with Crippen LogP contribution in [0.3, 0.4) is 0 Å². The summed E-state index contributed by atoms with van der Waals surface area (Å²) < 4.78 is 67.7. The molecule has 0 aliphatic carbocycles. The van der Waals surface area contributed by atoms with Crippen molar-refractivity contribution in [3.8, 4) is 0 Å². The van der Waals surface area contributed by atoms with Gasteiger partial charge in [0.05, 0.1) is 26.4 Å². The van der Waals surface area contributed by atoms with Crippen molar-refractivity contribution in [2.24, 2.45) is 5.92 Å². The molecule has 0 aromatic heterocycles. The molecule has 0 spiro atoms. The van der Waals surface area contributed by atoms with Gasteiger partial charge >= 0.3 is 39.5 Å². The summed E-state index contributed by atoms with van der Waals surface area (Å²) >= 11 is 0. The second-order valence-corrected chi connectivity index (χ2v) is 26.2. The van der Waals surface area contributed by atoms with Crippen LogP contribution in [0.2, 0.25) is 0 Å². The maximum atomic E-state index is 13.0. The highest BCUT2D eigenvalue weighted by molar-refractivity contribution is 7.47. The number of aliphatic hydroxyl groups excluding tert-OH is 1. The Kier molecular flexibility index (Phi) is 55.5. The Bertz CT molecular complexity index is 1600. The standard InChI is InChI=1S/C63H122O17P2/c1-6-9-12-15-17-19-28-32-37-42-47-61(66)74-53-59(80-63(68)49-44-39-34-30-26-24-22-21-23-25-27-31-36-40-45-56(4)5)55-78-82(71,72)76-51-57(64)50-75-81(69,70)77-54-58(52-73-60(65)46-41-35-14-11-8-3)79-62(67)48-43-38-33-29-20-18-16-13-10-7-2/h56-59,64H,6-55H2,1-5H3,(H,69,70)(H,71,72)/t57-,58+,59+/m0/s1. The summed E-state index contributed by atoms with van der Waals surface area (Å²) in [6, 6.07) is 0. The second kappa shape index (κ2) is 56.8. The van der Waals surface area contributed by atoms with Crippen LogP contribution in [0.25, 0.3) is 0 Å². The Morgan fingerprint density at radius 3 is 0.829 bits per heavy atom. The smallest absolute Gasteiger partial charge is 0.462 e. The highest BCUT2D eigenvalue weighted by atomic mass is 31.2. The molecular formula is C63H122O17P2. The van der Waals surface area contributed by atoms with Crippen molar-refractivity contribution in [2.75, 3.05) is 39.6 Å². The van der Waals surface area contributed by atoms with Gasteiger partial charge in [0, 0.05) is 25.7 Å². The molecule has 0 amide bonds. The van der Waals surface area contributed by atoms with Crippen molar-refractivity contribution in [1.82, 2.24) is 0 Å². The van der Waals surface area contributed by atoms with Gasteiger partial charge in [-0.15, -0.1) is 0 Å². The van der Waals surface area contributed by atoms with Gasteiger partial charge in [0.15, 0.2) is 12.2 Å². The van der Waals surface area contributed by atoms with Crippen molar-refractivity contribution in [2.45, 2.75) is 335 Å². The van der Waals surface area contributed by atoms with E-state index in [0.717, 1.165) is 102 Å². The number of carbonyl (C=O) groups is 4. The van der Waals surface area contributed by atoms with E-state index in [4.69, 9.17) is 37.0 Å². The van der Waals surface area contributed by atoms with Crippen LogP contribution >= 0.6 is 15.6 Å². The van der Waals surface area contributed by atoms with E-state index in [1.165, 1.54) is 135 Å². The fourth-order valence-electron chi connectivity index (χ4n) is 9.41. The van der Waals surface area contributed by atoms with Crippen molar-refractivity contribution < 1.29 is 80.2 Å². The van der Waals surface area contributed by atoms with Crippen molar-refractivity contribution >= 4 is 39.5 Å². The first kappa shape index (κ1) is 80.1. The molecule has 0 fully saturated rings. The zero-order chi connectivity index (χ0) is 60.6. The van der Waals surface area contributed by atoms with Gasteiger partial charge in [-0.05, 0) is 31.6 Å². The highest BCUT2D eigenvalue weighted by Crippen LogP contribution is 2.45. The summed E-state index contributed by atoms with van der Waals surface area (Å²) in [7, 11) is -9.87. The molecule has 0 aromatic carbocycles. The first-order valence-corrected chi connectivity index (χ1v) is 36.1. The molecule has 0 rings (SSSR count). The van der Waals surface area contributed by atoms with Gasteiger partial charge < -0.3 is 33.8 Å². The lowest BCUT2D eigenvalue weighted by atomic mass is 10.0. The molecular weight excluding hydrogens is 1090 g/mol. The summed E-state index contributed by atoms with van der Waals surface area (Å²) in [5, 5.41) is 10.5. The molecule has 0 aromatic rings.